The van der Waals surface area contributed by atoms with Gasteiger partial charge in [-0.1, -0.05) is 12.1 Å². The fourth-order valence-corrected chi connectivity index (χ4v) is 3.26. The van der Waals surface area contributed by atoms with Crippen LogP contribution in [0.3, 0.4) is 0 Å². The summed E-state index contributed by atoms with van der Waals surface area (Å²) in [6.45, 7) is 11.7. The van der Waals surface area contributed by atoms with Crippen LogP contribution < -0.4 is 10.2 Å². The van der Waals surface area contributed by atoms with Crippen LogP contribution in [-0.2, 0) is 0 Å². The molecular formula is C15H19N3. The van der Waals surface area contributed by atoms with Crippen LogP contribution in [0.1, 0.15) is 19.3 Å². The zero-order chi connectivity index (χ0) is 12.4. The Balaban J connectivity index is 1.72. The number of anilines is 1. The van der Waals surface area contributed by atoms with E-state index in [1.165, 1.54) is 44.6 Å². The Hall–Kier alpha value is -1.53. The van der Waals surface area contributed by atoms with Crippen molar-refractivity contribution in [2.24, 2.45) is 5.41 Å². The summed E-state index contributed by atoms with van der Waals surface area (Å²) in [5, 5.41) is 3.45. The van der Waals surface area contributed by atoms with E-state index < -0.39 is 0 Å². The Morgan fingerprint density at radius 3 is 2.50 bits per heavy atom. The number of benzene rings is 1. The summed E-state index contributed by atoms with van der Waals surface area (Å²) >= 11 is 0. The molecule has 1 N–H and O–H groups in total. The van der Waals surface area contributed by atoms with Crippen molar-refractivity contribution in [1.82, 2.24) is 5.32 Å². The standard InChI is InChI=1S/C15H19N3/c1-16-13-2-4-14(5-3-13)18-11-8-15(12-18)6-9-17-10-7-15/h2-5,17H,6-12H2. The highest BCUT2D eigenvalue weighted by atomic mass is 15.2. The minimum Gasteiger partial charge on any atom is -0.371 e. The highest BCUT2D eigenvalue weighted by Crippen LogP contribution is 2.40. The van der Waals surface area contributed by atoms with Gasteiger partial charge in [0.15, 0.2) is 5.69 Å². The van der Waals surface area contributed by atoms with E-state index in [0.717, 1.165) is 12.2 Å². The highest BCUT2D eigenvalue weighted by molar-refractivity contribution is 5.56. The molecule has 3 heteroatoms. The second-order valence-electron chi connectivity index (χ2n) is 5.55. The Kier molecular flexibility index (Phi) is 2.97. The van der Waals surface area contributed by atoms with Gasteiger partial charge in [0.1, 0.15) is 0 Å². The van der Waals surface area contributed by atoms with Crippen LogP contribution in [0, 0.1) is 12.0 Å². The molecule has 2 aliphatic heterocycles. The van der Waals surface area contributed by atoms with Gasteiger partial charge < -0.3 is 10.2 Å². The maximum absolute atomic E-state index is 6.98. The molecule has 1 aromatic carbocycles. The average Bonchev–Trinajstić information content (AvgIpc) is 2.83. The first-order valence-electron chi connectivity index (χ1n) is 6.75. The van der Waals surface area contributed by atoms with Crippen LogP contribution in [0.4, 0.5) is 11.4 Å². The van der Waals surface area contributed by atoms with Crippen LogP contribution in [0.2, 0.25) is 0 Å². The molecule has 3 rings (SSSR count). The lowest BCUT2D eigenvalue weighted by atomic mass is 9.78. The SMILES string of the molecule is [C-]#[N+]c1ccc(N2CCC3(CCNCC3)C2)cc1. The molecule has 18 heavy (non-hydrogen) atoms. The van der Waals surface area contributed by atoms with Crippen LogP contribution in [-0.4, -0.2) is 26.2 Å². The summed E-state index contributed by atoms with van der Waals surface area (Å²) in [5.41, 5.74) is 2.55. The first-order valence-corrected chi connectivity index (χ1v) is 6.75. The van der Waals surface area contributed by atoms with E-state index in [9.17, 15) is 0 Å². The van der Waals surface area contributed by atoms with E-state index in [1.54, 1.807) is 0 Å². The van der Waals surface area contributed by atoms with Crippen molar-refractivity contribution in [2.45, 2.75) is 19.3 Å². The summed E-state index contributed by atoms with van der Waals surface area (Å²) in [6.07, 6.45) is 3.94. The molecule has 0 aromatic heterocycles. The van der Waals surface area contributed by atoms with Gasteiger partial charge in [0, 0.05) is 18.8 Å². The number of nitrogens with zero attached hydrogens (tertiary/aromatic N) is 2. The molecule has 2 saturated heterocycles. The smallest absolute Gasteiger partial charge is 0.187 e. The number of hydrogen-bond donors (Lipinski definition) is 1. The van der Waals surface area contributed by atoms with Gasteiger partial charge in [-0.15, -0.1) is 0 Å². The van der Waals surface area contributed by atoms with Gasteiger partial charge in [-0.3, -0.25) is 0 Å². The predicted octanol–water partition coefficient (Wildman–Crippen LogP) is 2.82. The fourth-order valence-electron chi connectivity index (χ4n) is 3.26. The van der Waals surface area contributed by atoms with Crippen LogP contribution in [0.15, 0.2) is 24.3 Å². The second kappa shape index (κ2) is 4.62. The number of rotatable bonds is 1. The molecule has 0 unspecified atom stereocenters. The molecule has 1 aromatic rings. The van der Waals surface area contributed by atoms with Crippen molar-refractivity contribution >= 4 is 11.4 Å². The third-order valence-corrected chi connectivity index (χ3v) is 4.45. The fraction of sp³-hybridized carbons (Fsp3) is 0.533. The molecule has 2 aliphatic rings. The van der Waals surface area contributed by atoms with Crippen molar-refractivity contribution in [2.75, 3.05) is 31.1 Å². The van der Waals surface area contributed by atoms with Gasteiger partial charge in [-0.25, -0.2) is 4.85 Å². The first kappa shape index (κ1) is 11.6. The van der Waals surface area contributed by atoms with Crippen molar-refractivity contribution in [3.63, 3.8) is 0 Å². The quantitative estimate of drug-likeness (QED) is 0.763. The van der Waals surface area contributed by atoms with Gasteiger partial charge in [0.2, 0.25) is 0 Å². The highest BCUT2D eigenvalue weighted by Gasteiger charge is 2.38. The topological polar surface area (TPSA) is 19.6 Å². The third kappa shape index (κ3) is 2.09. The lowest BCUT2D eigenvalue weighted by Gasteiger charge is -2.34. The van der Waals surface area contributed by atoms with E-state index in [0.29, 0.717) is 5.41 Å². The van der Waals surface area contributed by atoms with Gasteiger partial charge in [-0.05, 0) is 49.9 Å². The molecular weight excluding hydrogens is 222 g/mol. The monoisotopic (exact) mass is 241 g/mol. The van der Waals surface area contributed by atoms with Crippen molar-refractivity contribution in [1.29, 1.82) is 0 Å². The Morgan fingerprint density at radius 2 is 1.83 bits per heavy atom. The maximum Gasteiger partial charge on any atom is 0.187 e. The van der Waals surface area contributed by atoms with Crippen molar-refractivity contribution in [3.05, 3.63) is 35.7 Å². The van der Waals surface area contributed by atoms with E-state index >= 15 is 0 Å². The Morgan fingerprint density at radius 1 is 1.11 bits per heavy atom. The van der Waals surface area contributed by atoms with Crippen molar-refractivity contribution in [3.8, 4) is 0 Å². The van der Waals surface area contributed by atoms with E-state index in [2.05, 4.69) is 27.2 Å². The summed E-state index contributed by atoms with van der Waals surface area (Å²) in [7, 11) is 0. The van der Waals surface area contributed by atoms with E-state index in [1.807, 2.05) is 12.1 Å². The van der Waals surface area contributed by atoms with Crippen molar-refractivity contribution < 1.29 is 0 Å². The van der Waals surface area contributed by atoms with Crippen LogP contribution in [0.5, 0.6) is 0 Å². The summed E-state index contributed by atoms with van der Waals surface area (Å²) in [5.74, 6) is 0. The zero-order valence-electron chi connectivity index (χ0n) is 10.7. The molecule has 94 valence electrons. The number of piperidine rings is 1. The first-order chi connectivity index (χ1) is 8.81. The summed E-state index contributed by atoms with van der Waals surface area (Å²) in [4.78, 5) is 5.93. The minimum absolute atomic E-state index is 0.545. The number of hydrogen-bond acceptors (Lipinski definition) is 2. The molecule has 3 nitrogen and oxygen atoms in total. The molecule has 0 bridgehead atoms. The van der Waals surface area contributed by atoms with Crippen LogP contribution >= 0.6 is 0 Å². The maximum atomic E-state index is 6.98. The molecule has 0 amide bonds. The molecule has 0 atom stereocenters. The third-order valence-electron chi connectivity index (χ3n) is 4.45. The zero-order valence-corrected chi connectivity index (χ0v) is 10.7. The molecule has 1 spiro atoms. The van der Waals surface area contributed by atoms with E-state index in [4.69, 9.17) is 6.57 Å². The Labute approximate surface area is 109 Å². The molecule has 2 heterocycles. The summed E-state index contributed by atoms with van der Waals surface area (Å²) < 4.78 is 0. The lowest BCUT2D eigenvalue weighted by molar-refractivity contribution is 0.232. The summed E-state index contributed by atoms with van der Waals surface area (Å²) in [6, 6.07) is 8.03. The Bertz CT molecular complexity index is 452. The van der Waals surface area contributed by atoms with Gasteiger partial charge in [-0.2, -0.15) is 0 Å². The van der Waals surface area contributed by atoms with Gasteiger partial charge >= 0.3 is 0 Å². The van der Waals surface area contributed by atoms with Gasteiger partial charge in [0.25, 0.3) is 0 Å². The normalized spacial score (nSPS) is 22.1. The molecule has 0 aliphatic carbocycles. The van der Waals surface area contributed by atoms with Gasteiger partial charge in [0.05, 0.1) is 6.57 Å². The molecule has 0 radical (unpaired) electrons. The van der Waals surface area contributed by atoms with E-state index in [-0.39, 0.29) is 0 Å². The second-order valence-corrected chi connectivity index (χ2v) is 5.55. The minimum atomic E-state index is 0.545. The largest absolute Gasteiger partial charge is 0.371 e. The predicted molar refractivity (Wildman–Crippen MR) is 74.1 cm³/mol. The lowest BCUT2D eigenvalue weighted by Crippen LogP contribution is -2.38. The molecule has 2 fully saturated rings. The number of nitrogens with one attached hydrogen (secondary N) is 1. The average molecular weight is 241 g/mol. The molecule has 0 saturated carbocycles. The van der Waals surface area contributed by atoms with Crippen LogP contribution in [0.25, 0.3) is 4.85 Å².